The molecule has 2 aromatic heterocycles. The summed E-state index contributed by atoms with van der Waals surface area (Å²) in [6.07, 6.45) is 4.48. The Labute approximate surface area is 96.5 Å². The molecule has 0 fully saturated rings. The lowest BCUT2D eigenvalue weighted by Crippen LogP contribution is -1.99. The van der Waals surface area contributed by atoms with E-state index in [0.717, 1.165) is 28.4 Å². The Morgan fingerprint density at radius 2 is 2.20 bits per heavy atom. The largest absolute Gasteiger partial charge is 0.333 e. The number of aryl methyl sites for hydroxylation is 2. The van der Waals surface area contributed by atoms with Crippen LogP contribution < -0.4 is 0 Å². The quantitative estimate of drug-likeness (QED) is 0.783. The molecule has 4 nitrogen and oxygen atoms in total. The summed E-state index contributed by atoms with van der Waals surface area (Å²) >= 11 is 3.38. The van der Waals surface area contributed by atoms with Gasteiger partial charge in [0.15, 0.2) is 5.82 Å². The molecule has 0 atom stereocenters. The summed E-state index contributed by atoms with van der Waals surface area (Å²) in [5.41, 5.74) is 0.848. The van der Waals surface area contributed by atoms with Crippen molar-refractivity contribution in [1.29, 1.82) is 0 Å². The molecule has 0 N–H and O–H groups in total. The van der Waals surface area contributed by atoms with E-state index in [0.29, 0.717) is 0 Å². The van der Waals surface area contributed by atoms with E-state index in [1.165, 1.54) is 0 Å². The third-order valence-electron chi connectivity index (χ3n) is 2.11. The van der Waals surface area contributed by atoms with Crippen molar-refractivity contribution in [3.05, 3.63) is 28.9 Å². The molecule has 0 amide bonds. The molecule has 0 aliphatic rings. The van der Waals surface area contributed by atoms with Gasteiger partial charge >= 0.3 is 0 Å². The Kier molecular flexibility index (Phi) is 2.81. The first-order chi connectivity index (χ1) is 7.20. The van der Waals surface area contributed by atoms with E-state index < -0.39 is 0 Å². The Bertz CT molecular complexity index is 478. The lowest BCUT2D eigenvalue weighted by atomic mass is 10.3. The van der Waals surface area contributed by atoms with Crippen molar-refractivity contribution in [3.8, 4) is 11.5 Å². The smallest absolute Gasteiger partial charge is 0.158 e. The first-order valence-corrected chi connectivity index (χ1v) is 5.51. The van der Waals surface area contributed by atoms with Gasteiger partial charge in [-0.05, 0) is 15.9 Å². The fourth-order valence-corrected chi connectivity index (χ4v) is 1.77. The zero-order chi connectivity index (χ0) is 10.8. The molecule has 0 aliphatic carbocycles. The normalized spacial score (nSPS) is 10.6. The highest BCUT2D eigenvalue weighted by atomic mass is 79.9. The van der Waals surface area contributed by atoms with E-state index in [9.17, 15) is 0 Å². The number of imidazole rings is 1. The second-order valence-electron chi connectivity index (χ2n) is 3.21. The van der Waals surface area contributed by atoms with E-state index >= 15 is 0 Å². The van der Waals surface area contributed by atoms with Crippen molar-refractivity contribution in [2.24, 2.45) is 7.05 Å². The van der Waals surface area contributed by atoms with Crippen LogP contribution in [0.2, 0.25) is 0 Å². The molecule has 0 aromatic carbocycles. The van der Waals surface area contributed by atoms with E-state index in [-0.39, 0.29) is 0 Å². The van der Waals surface area contributed by atoms with Crippen molar-refractivity contribution in [3.63, 3.8) is 0 Å². The van der Waals surface area contributed by atoms with Gasteiger partial charge < -0.3 is 4.57 Å². The highest BCUT2D eigenvalue weighted by molar-refractivity contribution is 9.10. The zero-order valence-electron chi connectivity index (χ0n) is 8.61. The monoisotopic (exact) mass is 266 g/mol. The number of hydrogen-bond donors (Lipinski definition) is 0. The van der Waals surface area contributed by atoms with Crippen LogP contribution in [0.25, 0.3) is 11.5 Å². The van der Waals surface area contributed by atoms with Gasteiger partial charge in [0.05, 0.1) is 0 Å². The summed E-state index contributed by atoms with van der Waals surface area (Å²) in [6, 6.07) is 1.88. The lowest BCUT2D eigenvalue weighted by molar-refractivity contribution is 0.889. The Morgan fingerprint density at radius 3 is 2.80 bits per heavy atom. The summed E-state index contributed by atoms with van der Waals surface area (Å²) in [7, 11) is 1.95. The van der Waals surface area contributed by atoms with E-state index in [1.807, 2.05) is 30.8 Å². The topological polar surface area (TPSA) is 43.6 Å². The summed E-state index contributed by atoms with van der Waals surface area (Å²) in [6.45, 7) is 2.03. The number of rotatable bonds is 2. The molecule has 0 spiro atoms. The molecule has 5 heteroatoms. The van der Waals surface area contributed by atoms with Gasteiger partial charge in [-0.2, -0.15) is 0 Å². The standard InChI is InChI=1S/C10H11BrN4/c1-3-9-13-7(6-8(11)14-9)10-12-4-5-15(10)2/h4-6H,3H2,1-2H3. The van der Waals surface area contributed by atoms with Gasteiger partial charge in [-0.15, -0.1) is 0 Å². The molecule has 2 heterocycles. The molecule has 15 heavy (non-hydrogen) atoms. The van der Waals surface area contributed by atoms with Crippen molar-refractivity contribution >= 4 is 15.9 Å². The maximum atomic E-state index is 4.43. The number of nitrogens with zero attached hydrogens (tertiary/aromatic N) is 4. The number of hydrogen-bond acceptors (Lipinski definition) is 3. The van der Waals surface area contributed by atoms with Crippen molar-refractivity contribution in [1.82, 2.24) is 19.5 Å². The minimum Gasteiger partial charge on any atom is -0.333 e. The molecule has 2 rings (SSSR count). The first kappa shape index (κ1) is 10.3. The summed E-state index contributed by atoms with van der Waals surface area (Å²) in [4.78, 5) is 12.9. The van der Waals surface area contributed by atoms with Gasteiger partial charge in [-0.1, -0.05) is 6.92 Å². The van der Waals surface area contributed by atoms with Gasteiger partial charge in [0, 0.05) is 31.9 Å². The van der Waals surface area contributed by atoms with Gasteiger partial charge in [-0.3, -0.25) is 0 Å². The predicted octanol–water partition coefficient (Wildman–Crippen LogP) is 2.20. The van der Waals surface area contributed by atoms with E-state index in [1.54, 1.807) is 6.20 Å². The highest BCUT2D eigenvalue weighted by Gasteiger charge is 2.07. The lowest BCUT2D eigenvalue weighted by Gasteiger charge is -2.03. The molecule has 0 bridgehead atoms. The Balaban J connectivity index is 2.53. The molecular formula is C10H11BrN4. The van der Waals surface area contributed by atoms with Gasteiger partial charge in [0.1, 0.15) is 16.1 Å². The molecule has 0 aliphatic heterocycles. The van der Waals surface area contributed by atoms with Crippen molar-refractivity contribution < 1.29 is 0 Å². The van der Waals surface area contributed by atoms with Crippen LogP contribution in [0.3, 0.4) is 0 Å². The maximum Gasteiger partial charge on any atom is 0.158 e. The second kappa shape index (κ2) is 4.10. The van der Waals surface area contributed by atoms with Gasteiger partial charge in [0.25, 0.3) is 0 Å². The second-order valence-corrected chi connectivity index (χ2v) is 4.02. The maximum absolute atomic E-state index is 4.43. The van der Waals surface area contributed by atoms with E-state index in [2.05, 4.69) is 30.9 Å². The predicted molar refractivity (Wildman–Crippen MR) is 61.3 cm³/mol. The first-order valence-electron chi connectivity index (χ1n) is 4.72. The van der Waals surface area contributed by atoms with Crippen LogP contribution in [0.1, 0.15) is 12.7 Å². The molecule has 78 valence electrons. The van der Waals surface area contributed by atoms with Gasteiger partial charge in [-0.25, -0.2) is 15.0 Å². The van der Waals surface area contributed by atoms with Crippen molar-refractivity contribution in [2.75, 3.05) is 0 Å². The molecule has 0 saturated carbocycles. The highest BCUT2D eigenvalue weighted by Crippen LogP contribution is 2.18. The minimum absolute atomic E-state index is 0.798. The van der Waals surface area contributed by atoms with Gasteiger partial charge in [0.2, 0.25) is 0 Å². The summed E-state index contributed by atoms with van der Waals surface area (Å²) in [5.74, 6) is 1.68. The zero-order valence-corrected chi connectivity index (χ0v) is 10.2. The van der Waals surface area contributed by atoms with Crippen LogP contribution in [0.15, 0.2) is 23.1 Å². The number of aromatic nitrogens is 4. The molecule has 0 radical (unpaired) electrons. The number of halogens is 1. The molecule has 0 saturated heterocycles. The fourth-order valence-electron chi connectivity index (χ4n) is 1.35. The molecular weight excluding hydrogens is 256 g/mol. The average molecular weight is 267 g/mol. The van der Waals surface area contributed by atoms with Crippen molar-refractivity contribution in [2.45, 2.75) is 13.3 Å². The third-order valence-corrected chi connectivity index (χ3v) is 2.51. The van der Waals surface area contributed by atoms with Crippen LogP contribution in [-0.2, 0) is 13.5 Å². The van der Waals surface area contributed by atoms with E-state index in [4.69, 9.17) is 0 Å². The minimum atomic E-state index is 0.798. The van der Waals surface area contributed by atoms with Crippen LogP contribution >= 0.6 is 15.9 Å². The SMILES string of the molecule is CCc1nc(Br)cc(-c2nccn2C)n1. The van der Waals surface area contributed by atoms with Crippen LogP contribution in [0, 0.1) is 0 Å². The van der Waals surface area contributed by atoms with Crippen LogP contribution in [0.4, 0.5) is 0 Å². The third kappa shape index (κ3) is 2.07. The van der Waals surface area contributed by atoms with Crippen LogP contribution in [-0.4, -0.2) is 19.5 Å². The van der Waals surface area contributed by atoms with Crippen LogP contribution in [0.5, 0.6) is 0 Å². The average Bonchev–Trinajstić information content (AvgIpc) is 2.63. The Hall–Kier alpha value is -1.23. The summed E-state index contributed by atoms with van der Waals surface area (Å²) in [5, 5.41) is 0. The fraction of sp³-hybridized carbons (Fsp3) is 0.300. The summed E-state index contributed by atoms with van der Waals surface area (Å²) < 4.78 is 2.74. The molecule has 2 aromatic rings. The molecule has 0 unspecified atom stereocenters. The Morgan fingerprint density at radius 1 is 1.40 bits per heavy atom.